The molecule has 0 bridgehead atoms. The van der Waals surface area contributed by atoms with E-state index < -0.39 is 5.95 Å². The maximum absolute atomic E-state index is 12.3. The van der Waals surface area contributed by atoms with Crippen molar-refractivity contribution in [3.8, 4) is 0 Å². The predicted octanol–water partition coefficient (Wildman–Crippen LogP) is 1.94. The normalized spacial score (nSPS) is 9.90. The van der Waals surface area contributed by atoms with Crippen LogP contribution in [0.3, 0.4) is 0 Å². The van der Waals surface area contributed by atoms with Crippen LogP contribution >= 0.6 is 15.9 Å². The first kappa shape index (κ1) is 7.60. The van der Waals surface area contributed by atoms with Crippen LogP contribution in [0.15, 0.2) is 10.8 Å². The Morgan fingerprint density at radius 3 is 2.90 bits per heavy atom. The van der Waals surface area contributed by atoms with Gasteiger partial charge >= 0.3 is 0 Å². The van der Waals surface area contributed by atoms with Crippen LogP contribution in [0.25, 0.3) is 0 Å². The van der Waals surface area contributed by atoms with Gasteiger partial charge in [0.2, 0.25) is 5.95 Å². The lowest BCUT2D eigenvalue weighted by molar-refractivity contribution is 0.568. The highest BCUT2D eigenvalue weighted by Crippen LogP contribution is 2.10. The zero-order valence-corrected chi connectivity index (χ0v) is 7.02. The maximum Gasteiger partial charge on any atom is 0.231 e. The minimum absolute atomic E-state index is 0.528. The highest BCUT2D eigenvalue weighted by molar-refractivity contribution is 9.10. The Bertz CT molecular complexity index is 239. The summed E-state index contributed by atoms with van der Waals surface area (Å²) in [5, 5.41) is 0. The topological polar surface area (TPSA) is 25.8 Å². The molecule has 0 saturated heterocycles. The molecule has 0 fully saturated rings. The van der Waals surface area contributed by atoms with Crippen LogP contribution in [0.2, 0.25) is 0 Å². The van der Waals surface area contributed by atoms with Crippen molar-refractivity contribution in [1.29, 1.82) is 0 Å². The van der Waals surface area contributed by atoms with Gasteiger partial charge in [-0.25, -0.2) is 9.97 Å². The van der Waals surface area contributed by atoms with Crippen molar-refractivity contribution < 1.29 is 4.39 Å². The van der Waals surface area contributed by atoms with E-state index in [1.54, 1.807) is 0 Å². The molecule has 0 N–H and O–H groups in total. The summed E-state index contributed by atoms with van der Waals surface area (Å²) in [7, 11) is 0. The van der Waals surface area contributed by atoms with E-state index in [1.165, 1.54) is 0 Å². The third-order valence-corrected chi connectivity index (χ3v) is 1.76. The van der Waals surface area contributed by atoms with Gasteiger partial charge in [-0.3, -0.25) is 0 Å². The van der Waals surface area contributed by atoms with Crippen LogP contribution < -0.4 is 0 Å². The van der Waals surface area contributed by atoms with Crippen molar-refractivity contribution >= 4 is 15.9 Å². The monoisotopic (exact) mass is 204 g/mol. The minimum atomic E-state index is -0.528. The van der Waals surface area contributed by atoms with Gasteiger partial charge in [-0.2, -0.15) is 4.39 Å². The fraction of sp³-hybridized carbons (Fsp3) is 0.333. The van der Waals surface area contributed by atoms with Gasteiger partial charge in [0.25, 0.3) is 0 Å². The highest BCUT2D eigenvalue weighted by atomic mass is 79.9. The zero-order chi connectivity index (χ0) is 7.56. The number of nitrogens with zero attached hydrogens (tertiary/aromatic N) is 2. The molecule has 10 heavy (non-hydrogen) atoms. The van der Waals surface area contributed by atoms with Crippen LogP contribution in [0.1, 0.15) is 12.6 Å². The van der Waals surface area contributed by atoms with Crippen molar-refractivity contribution in [1.82, 2.24) is 9.97 Å². The Balaban J connectivity index is 3.09. The molecule has 0 aliphatic carbocycles. The van der Waals surface area contributed by atoms with E-state index in [4.69, 9.17) is 0 Å². The van der Waals surface area contributed by atoms with Gasteiger partial charge in [-0.05, 0) is 22.4 Å². The molecular formula is C6H6BrFN2. The van der Waals surface area contributed by atoms with Crippen LogP contribution in [-0.4, -0.2) is 9.97 Å². The molecule has 4 heteroatoms. The summed E-state index contributed by atoms with van der Waals surface area (Å²) in [6, 6.07) is 0. The second-order valence-electron chi connectivity index (χ2n) is 1.78. The molecule has 0 unspecified atom stereocenters. The first-order valence-electron chi connectivity index (χ1n) is 2.91. The molecule has 1 aromatic rings. The fourth-order valence-electron chi connectivity index (χ4n) is 0.613. The Kier molecular flexibility index (Phi) is 2.32. The summed E-state index contributed by atoms with van der Waals surface area (Å²) in [6.45, 7) is 1.90. The van der Waals surface area contributed by atoms with Gasteiger partial charge < -0.3 is 0 Å². The number of aromatic nitrogens is 2. The largest absolute Gasteiger partial charge is 0.243 e. The van der Waals surface area contributed by atoms with E-state index in [9.17, 15) is 4.39 Å². The van der Waals surface area contributed by atoms with Crippen LogP contribution in [-0.2, 0) is 6.42 Å². The minimum Gasteiger partial charge on any atom is -0.243 e. The summed E-state index contributed by atoms with van der Waals surface area (Å²) in [5.41, 5.74) is 0.653. The summed E-state index contributed by atoms with van der Waals surface area (Å²) in [4.78, 5) is 7.34. The summed E-state index contributed by atoms with van der Waals surface area (Å²) in [5.74, 6) is -0.528. The number of rotatable bonds is 1. The van der Waals surface area contributed by atoms with Gasteiger partial charge in [-0.15, -0.1) is 0 Å². The van der Waals surface area contributed by atoms with E-state index in [-0.39, 0.29) is 0 Å². The lowest BCUT2D eigenvalue weighted by Crippen LogP contribution is -1.94. The Hall–Kier alpha value is -0.510. The van der Waals surface area contributed by atoms with Crippen molar-refractivity contribution in [3.05, 3.63) is 22.4 Å². The predicted molar refractivity (Wildman–Crippen MR) is 39.1 cm³/mol. The van der Waals surface area contributed by atoms with Crippen molar-refractivity contribution in [2.24, 2.45) is 0 Å². The fourth-order valence-corrected chi connectivity index (χ4v) is 1.08. The van der Waals surface area contributed by atoms with E-state index >= 15 is 0 Å². The third-order valence-electron chi connectivity index (χ3n) is 1.10. The van der Waals surface area contributed by atoms with Gasteiger partial charge in [0.15, 0.2) is 0 Å². The molecule has 1 rings (SSSR count). The number of aryl methyl sites for hydroxylation is 1. The average molecular weight is 205 g/mol. The molecule has 0 aliphatic rings. The molecule has 0 aliphatic heterocycles. The van der Waals surface area contributed by atoms with Crippen molar-refractivity contribution in [2.45, 2.75) is 13.3 Å². The van der Waals surface area contributed by atoms with Gasteiger partial charge in [0.05, 0.1) is 11.9 Å². The third kappa shape index (κ3) is 1.50. The number of hydrogen-bond donors (Lipinski definition) is 0. The lowest BCUT2D eigenvalue weighted by atomic mass is 10.4. The van der Waals surface area contributed by atoms with Gasteiger partial charge in [-0.1, -0.05) is 6.92 Å². The first-order chi connectivity index (χ1) is 4.74. The average Bonchev–Trinajstić information content (AvgIpc) is 1.94. The van der Waals surface area contributed by atoms with E-state index in [0.717, 1.165) is 6.20 Å². The van der Waals surface area contributed by atoms with Crippen LogP contribution in [0.5, 0.6) is 0 Å². The Morgan fingerprint density at radius 2 is 2.40 bits per heavy atom. The molecule has 0 aromatic carbocycles. The number of hydrogen-bond acceptors (Lipinski definition) is 2. The van der Waals surface area contributed by atoms with Crippen LogP contribution in [0, 0.1) is 5.95 Å². The highest BCUT2D eigenvalue weighted by Gasteiger charge is 2.00. The van der Waals surface area contributed by atoms with E-state index in [1.807, 2.05) is 6.92 Å². The second-order valence-corrected chi connectivity index (χ2v) is 2.53. The van der Waals surface area contributed by atoms with Crippen molar-refractivity contribution in [3.63, 3.8) is 0 Å². The van der Waals surface area contributed by atoms with Crippen molar-refractivity contribution in [2.75, 3.05) is 0 Å². The first-order valence-corrected chi connectivity index (χ1v) is 3.70. The van der Waals surface area contributed by atoms with Crippen LogP contribution in [0.4, 0.5) is 4.39 Å². The molecular weight excluding hydrogens is 199 g/mol. The maximum atomic E-state index is 12.3. The molecule has 0 spiro atoms. The van der Waals surface area contributed by atoms with E-state index in [0.29, 0.717) is 16.7 Å². The molecule has 1 heterocycles. The SMILES string of the molecule is CCc1nc(F)cnc1Br. The quantitative estimate of drug-likeness (QED) is 0.700. The van der Waals surface area contributed by atoms with E-state index in [2.05, 4.69) is 25.9 Å². The Labute approximate surface area is 66.6 Å². The molecule has 0 amide bonds. The standard InChI is InChI=1S/C6H6BrFN2/c1-2-4-6(7)9-3-5(8)10-4/h3H,2H2,1H3. The Morgan fingerprint density at radius 1 is 1.70 bits per heavy atom. The number of halogens is 2. The summed E-state index contributed by atoms with van der Waals surface area (Å²) in [6.07, 6.45) is 1.77. The lowest BCUT2D eigenvalue weighted by Gasteiger charge is -1.96. The van der Waals surface area contributed by atoms with Gasteiger partial charge in [0, 0.05) is 0 Å². The van der Waals surface area contributed by atoms with Gasteiger partial charge in [0.1, 0.15) is 4.60 Å². The molecule has 0 saturated carbocycles. The molecule has 1 aromatic heterocycles. The smallest absolute Gasteiger partial charge is 0.231 e. The summed E-state index contributed by atoms with van der Waals surface area (Å²) < 4.78 is 13.0. The second kappa shape index (κ2) is 3.05. The molecule has 2 nitrogen and oxygen atoms in total. The summed E-state index contributed by atoms with van der Waals surface area (Å²) >= 11 is 3.15. The molecule has 54 valence electrons. The zero-order valence-electron chi connectivity index (χ0n) is 5.43. The molecule has 0 atom stereocenters. The molecule has 0 radical (unpaired) electrons.